The molecule has 1 aliphatic heterocycles. The first-order chi connectivity index (χ1) is 10.1. The normalized spacial score (nSPS) is 17.0. The summed E-state index contributed by atoms with van der Waals surface area (Å²) in [6, 6.07) is 8.48. The first kappa shape index (κ1) is 14.7. The zero-order valence-corrected chi connectivity index (χ0v) is 12.0. The molecule has 1 unspecified atom stereocenters. The zero-order valence-electron chi connectivity index (χ0n) is 12.0. The first-order valence-corrected chi connectivity index (χ1v) is 6.67. The summed E-state index contributed by atoms with van der Waals surface area (Å²) in [4.78, 5) is 27.7. The Bertz CT molecular complexity index is 589. The second-order valence-electron chi connectivity index (χ2n) is 4.91. The molecule has 1 aromatic rings. The Morgan fingerprint density at radius 1 is 1.43 bits per heavy atom. The van der Waals surface area contributed by atoms with Crippen molar-refractivity contribution in [2.24, 2.45) is 5.22 Å². The third kappa shape index (κ3) is 4.15. The number of hydrogen-bond donors (Lipinski definition) is 2. The Morgan fingerprint density at radius 3 is 2.81 bits per heavy atom. The van der Waals surface area contributed by atoms with E-state index in [1.54, 1.807) is 12.1 Å². The van der Waals surface area contributed by atoms with Crippen LogP contribution in [0.4, 0.5) is 5.69 Å². The van der Waals surface area contributed by atoms with Crippen molar-refractivity contribution in [2.75, 3.05) is 12.0 Å². The molecule has 1 aromatic carbocycles. The highest BCUT2D eigenvalue weighted by molar-refractivity contribution is 5.95. The van der Waals surface area contributed by atoms with Crippen LogP contribution in [0.2, 0.25) is 0 Å². The van der Waals surface area contributed by atoms with E-state index in [-0.39, 0.29) is 24.9 Å². The number of rotatable bonds is 4. The van der Waals surface area contributed by atoms with Crippen LogP contribution in [0, 0.1) is 0 Å². The van der Waals surface area contributed by atoms with Gasteiger partial charge in [0.2, 0.25) is 17.7 Å². The third-order valence-electron chi connectivity index (χ3n) is 2.87. The summed E-state index contributed by atoms with van der Waals surface area (Å²) in [5, 5.41) is 10.9. The lowest BCUT2D eigenvalue weighted by Gasteiger charge is -2.09. The average Bonchev–Trinajstić information content (AvgIpc) is 2.78. The molecule has 0 spiro atoms. The van der Waals surface area contributed by atoms with Crippen molar-refractivity contribution in [1.82, 2.24) is 10.3 Å². The maximum Gasteiger partial charge on any atom is 0.270 e. The van der Waals surface area contributed by atoms with Crippen LogP contribution in [0.5, 0.6) is 0 Å². The fourth-order valence-electron chi connectivity index (χ4n) is 1.87. The van der Waals surface area contributed by atoms with Crippen LogP contribution in [0.25, 0.3) is 0 Å². The predicted molar refractivity (Wildman–Crippen MR) is 77.4 cm³/mol. The molecule has 0 radical (unpaired) electrons. The van der Waals surface area contributed by atoms with Crippen molar-refractivity contribution in [2.45, 2.75) is 26.3 Å². The van der Waals surface area contributed by atoms with Gasteiger partial charge in [-0.05, 0) is 12.1 Å². The number of carbonyl (C=O) groups excluding carboxylic acids is 2. The van der Waals surface area contributed by atoms with E-state index in [4.69, 9.17) is 0 Å². The lowest BCUT2D eigenvalue weighted by Crippen LogP contribution is -2.34. The van der Waals surface area contributed by atoms with Gasteiger partial charge < -0.3 is 10.6 Å². The topological polar surface area (TPSA) is 87.9 Å². The van der Waals surface area contributed by atoms with E-state index in [1.165, 1.54) is 5.01 Å². The van der Waals surface area contributed by atoms with Gasteiger partial charge in [0.15, 0.2) is 11.9 Å². The van der Waals surface area contributed by atoms with Gasteiger partial charge in [-0.3, -0.25) is 9.59 Å². The van der Waals surface area contributed by atoms with Gasteiger partial charge in [-0.2, -0.15) is 0 Å². The highest BCUT2D eigenvalue weighted by Crippen LogP contribution is 2.12. The number of anilines is 1. The number of hydrogen-bond acceptors (Lipinski definition) is 3. The van der Waals surface area contributed by atoms with Crippen molar-refractivity contribution in [3.05, 3.63) is 30.3 Å². The fraction of sp³-hybridized carbons (Fsp3) is 0.357. The van der Waals surface area contributed by atoms with Crippen LogP contribution in [0.3, 0.4) is 0 Å². The van der Waals surface area contributed by atoms with Crippen LogP contribution in [0.1, 0.15) is 20.3 Å². The van der Waals surface area contributed by atoms with Crippen molar-refractivity contribution < 1.29 is 14.4 Å². The molecule has 7 nitrogen and oxygen atoms in total. The lowest BCUT2D eigenvalue weighted by atomic mass is 10.2. The summed E-state index contributed by atoms with van der Waals surface area (Å²) in [7, 11) is 0. The van der Waals surface area contributed by atoms with E-state index in [2.05, 4.69) is 20.6 Å². The minimum absolute atomic E-state index is 0.0303. The molecule has 0 saturated carbocycles. The van der Waals surface area contributed by atoms with Crippen molar-refractivity contribution in [1.29, 1.82) is 0 Å². The molecule has 7 heteroatoms. The molecule has 1 aliphatic rings. The van der Waals surface area contributed by atoms with Crippen LogP contribution in [-0.2, 0) is 9.59 Å². The van der Waals surface area contributed by atoms with Crippen LogP contribution >= 0.6 is 0 Å². The number of amides is 2. The molecule has 2 amide bonds. The summed E-state index contributed by atoms with van der Waals surface area (Å²) in [5.74, 6) is -0.452. The highest BCUT2D eigenvalue weighted by Gasteiger charge is 2.40. The third-order valence-corrected chi connectivity index (χ3v) is 2.87. The Balaban J connectivity index is 2.01. The second-order valence-corrected chi connectivity index (χ2v) is 4.91. The summed E-state index contributed by atoms with van der Waals surface area (Å²) >= 11 is 0. The molecule has 21 heavy (non-hydrogen) atoms. The second kappa shape index (κ2) is 6.67. The van der Waals surface area contributed by atoms with E-state index in [0.717, 1.165) is 5.71 Å². The molecule has 1 atom stereocenters. The van der Waals surface area contributed by atoms with E-state index < -0.39 is 6.04 Å². The molecule has 110 valence electrons. The molecule has 1 fully saturated rings. The monoisotopic (exact) mass is 288 g/mol. The minimum Gasteiger partial charge on any atom is -0.326 e. The summed E-state index contributed by atoms with van der Waals surface area (Å²) < 4.78 is 0. The quantitative estimate of drug-likeness (QED) is 0.488. The summed E-state index contributed by atoms with van der Waals surface area (Å²) in [6.45, 7) is 3.89. The molecule has 1 heterocycles. The van der Waals surface area contributed by atoms with E-state index in [0.29, 0.717) is 5.69 Å². The SMILES string of the molecule is CC(C)=[N+]=NN1CNC(=O)C1CC(=O)Nc1ccccc1. The van der Waals surface area contributed by atoms with Crippen LogP contribution in [0.15, 0.2) is 35.6 Å². The number of nitrogens with one attached hydrogen (secondary N) is 2. The van der Waals surface area contributed by atoms with Gasteiger partial charge in [0.05, 0.1) is 6.42 Å². The standard InChI is InChI=1S/C14H17N5O2/c1-10(2)17-18-19-9-15-14(21)12(19)8-13(20)16-11-6-4-3-5-7-11/h3-7,12H,8-9H2,1-2H3,(H-,15,16,20,21)/p+1. The van der Waals surface area contributed by atoms with E-state index in [9.17, 15) is 9.59 Å². The number of benzene rings is 1. The Labute approximate surface area is 122 Å². The van der Waals surface area contributed by atoms with Gasteiger partial charge in [0, 0.05) is 19.5 Å². The number of carbonyl (C=O) groups is 2. The van der Waals surface area contributed by atoms with Crippen LogP contribution in [-0.4, -0.2) is 40.0 Å². The smallest absolute Gasteiger partial charge is 0.270 e. The Kier molecular flexibility index (Phi) is 4.68. The van der Waals surface area contributed by atoms with Gasteiger partial charge in [-0.25, -0.2) is 0 Å². The minimum atomic E-state index is -0.628. The van der Waals surface area contributed by atoms with Crippen LogP contribution < -0.4 is 10.6 Å². The summed E-state index contributed by atoms with van der Waals surface area (Å²) in [5.41, 5.74) is 1.48. The van der Waals surface area contributed by atoms with Gasteiger partial charge in [-0.1, -0.05) is 23.0 Å². The molecule has 2 rings (SSSR count). The first-order valence-electron chi connectivity index (χ1n) is 6.67. The molecule has 0 aromatic heterocycles. The van der Waals surface area contributed by atoms with E-state index >= 15 is 0 Å². The fourth-order valence-corrected chi connectivity index (χ4v) is 1.87. The van der Waals surface area contributed by atoms with Gasteiger partial charge >= 0.3 is 0 Å². The molecule has 2 N–H and O–H groups in total. The molecular weight excluding hydrogens is 270 g/mol. The van der Waals surface area contributed by atoms with E-state index in [1.807, 2.05) is 32.0 Å². The molecule has 1 saturated heterocycles. The Morgan fingerprint density at radius 2 is 2.14 bits per heavy atom. The van der Waals surface area contributed by atoms with Crippen molar-refractivity contribution in [3.63, 3.8) is 0 Å². The number of nitrogens with zero attached hydrogens (tertiary/aromatic N) is 3. The zero-order chi connectivity index (χ0) is 15.2. The molecule has 0 bridgehead atoms. The largest absolute Gasteiger partial charge is 0.326 e. The lowest BCUT2D eigenvalue weighted by molar-refractivity contribution is -0.152. The van der Waals surface area contributed by atoms with Crippen molar-refractivity contribution in [3.8, 4) is 0 Å². The predicted octanol–water partition coefficient (Wildman–Crippen LogP) is 0.829. The summed E-state index contributed by atoms with van der Waals surface area (Å²) in [6.07, 6.45) is 0.0303. The van der Waals surface area contributed by atoms with Gasteiger partial charge in [-0.15, -0.1) is 5.01 Å². The van der Waals surface area contributed by atoms with Gasteiger partial charge in [0.1, 0.15) is 0 Å². The number of para-hydroxylation sites is 1. The highest BCUT2D eigenvalue weighted by atomic mass is 16.2. The molecular formula is C14H18N5O2+. The maximum atomic E-state index is 12.0. The average molecular weight is 288 g/mol. The molecule has 0 aliphatic carbocycles. The van der Waals surface area contributed by atoms with Gasteiger partial charge in [0.25, 0.3) is 5.91 Å². The maximum absolute atomic E-state index is 12.0. The van der Waals surface area contributed by atoms with Crippen molar-refractivity contribution >= 4 is 23.2 Å². The Hall–Kier alpha value is -2.66.